The summed E-state index contributed by atoms with van der Waals surface area (Å²) in [4.78, 5) is 30.7. The summed E-state index contributed by atoms with van der Waals surface area (Å²) < 4.78 is 26.2. The molecule has 5 aliphatic rings. The van der Waals surface area contributed by atoms with Crippen molar-refractivity contribution in [2.75, 3.05) is 87.7 Å². The van der Waals surface area contributed by atoms with Gasteiger partial charge in [0.1, 0.15) is 28.7 Å². The molecular formula is C61H83N5O9. The normalized spacial score (nSPS) is 23.9. The van der Waals surface area contributed by atoms with Gasteiger partial charge in [0.25, 0.3) is 0 Å². The lowest BCUT2D eigenvalue weighted by molar-refractivity contribution is -0.143. The first-order valence-corrected chi connectivity index (χ1v) is 26.2. The van der Waals surface area contributed by atoms with Crippen molar-refractivity contribution in [3.05, 3.63) is 119 Å². The third-order valence-electron chi connectivity index (χ3n) is 16.9. The highest BCUT2D eigenvalue weighted by Gasteiger charge is 2.36. The number of aromatic hydroxyl groups is 1. The summed E-state index contributed by atoms with van der Waals surface area (Å²) in [6.07, 6.45) is 0. The van der Waals surface area contributed by atoms with Gasteiger partial charge in [-0.05, 0) is 95.3 Å². The van der Waals surface area contributed by atoms with Gasteiger partial charge in [-0.1, -0.05) is 65.0 Å². The molecule has 0 aliphatic carbocycles. The van der Waals surface area contributed by atoms with Gasteiger partial charge in [0, 0.05) is 144 Å². The fraction of sp³-hybridized carbons (Fsp3) is 0.475. The van der Waals surface area contributed by atoms with Crippen molar-refractivity contribution in [1.29, 1.82) is 0 Å². The van der Waals surface area contributed by atoms with Crippen molar-refractivity contribution in [3.63, 3.8) is 0 Å². The molecular weight excluding hydrogens is 947 g/mol. The molecule has 0 saturated carbocycles. The van der Waals surface area contributed by atoms with E-state index in [-0.39, 0.29) is 19.2 Å². The van der Waals surface area contributed by atoms with E-state index < -0.39 is 5.97 Å². The number of anilines is 5. The highest BCUT2D eigenvalue weighted by atomic mass is 16.6. The number of phenols is 1. The average Bonchev–Trinajstić information content (AvgIpc) is 4.07. The fourth-order valence-corrected chi connectivity index (χ4v) is 11.1. The molecule has 5 aliphatic heterocycles. The molecule has 0 fully saturated rings. The number of esters is 1. The number of carboxylic acids is 1. The molecule has 14 heteroatoms. The van der Waals surface area contributed by atoms with Crippen LogP contribution in [0.2, 0.25) is 0 Å². The van der Waals surface area contributed by atoms with E-state index in [1.807, 2.05) is 61.6 Å². The number of benzene rings is 5. The number of carbonyl (C=O) groups excluding carboxylic acids is 1. The molecule has 10 atom stereocenters. The minimum Gasteiger partial charge on any atom is -0.508 e. The molecule has 0 saturated heterocycles. The van der Waals surface area contributed by atoms with Crippen LogP contribution < -0.4 is 43.9 Å². The summed E-state index contributed by atoms with van der Waals surface area (Å²) in [5.41, 5.74) is 12.1. The van der Waals surface area contributed by atoms with Crippen LogP contribution in [-0.4, -0.2) is 115 Å². The molecule has 10 unspecified atom stereocenters. The van der Waals surface area contributed by atoms with E-state index in [1.165, 1.54) is 46.5 Å². The summed E-state index contributed by atoms with van der Waals surface area (Å²) in [7, 11) is 13.2. The van der Waals surface area contributed by atoms with Crippen LogP contribution in [0.1, 0.15) is 127 Å². The maximum atomic E-state index is 11.1. The zero-order valence-corrected chi connectivity index (χ0v) is 47.4. The summed E-state index contributed by atoms with van der Waals surface area (Å²) >= 11 is 0. The van der Waals surface area contributed by atoms with Gasteiger partial charge in [0.2, 0.25) is 0 Å². The number of nitrogens with one attached hydrogen (secondary N) is 1. The number of carboxylic acid groups (broad SMARTS) is 1. The van der Waals surface area contributed by atoms with Crippen molar-refractivity contribution >= 4 is 40.4 Å². The molecule has 0 amide bonds. The third-order valence-corrected chi connectivity index (χ3v) is 16.9. The molecule has 5 aromatic rings. The Kier molecular flexibility index (Phi) is 18.8. The number of carbonyl (C=O) groups is 2. The Morgan fingerprint density at radius 1 is 0.467 bits per heavy atom. The van der Waals surface area contributed by atoms with Crippen LogP contribution in [0.15, 0.2) is 91.0 Å². The van der Waals surface area contributed by atoms with E-state index in [9.17, 15) is 14.7 Å². The van der Waals surface area contributed by atoms with Crippen molar-refractivity contribution < 1.29 is 43.5 Å². The number of fused-ring (bicyclic) bond motifs is 5. The zero-order chi connectivity index (χ0) is 55.2. The van der Waals surface area contributed by atoms with Crippen LogP contribution in [0.4, 0.5) is 28.4 Å². The number of hydrogen-bond donors (Lipinski definition) is 3. The second-order valence-electron chi connectivity index (χ2n) is 20.7. The van der Waals surface area contributed by atoms with E-state index in [1.54, 1.807) is 20.3 Å². The monoisotopic (exact) mass is 1030 g/mol. The largest absolute Gasteiger partial charge is 0.508 e. The Bertz CT molecular complexity index is 2770. The molecule has 0 bridgehead atoms. The average molecular weight is 1030 g/mol. The van der Waals surface area contributed by atoms with Crippen LogP contribution in [0.3, 0.4) is 0 Å². The van der Waals surface area contributed by atoms with Gasteiger partial charge in [-0.2, -0.15) is 0 Å². The molecule has 10 rings (SSSR count). The van der Waals surface area contributed by atoms with E-state index in [4.69, 9.17) is 24.1 Å². The van der Waals surface area contributed by atoms with Gasteiger partial charge in [0.15, 0.2) is 13.2 Å². The summed E-state index contributed by atoms with van der Waals surface area (Å²) in [5.74, 6) is 4.84. The van der Waals surface area contributed by atoms with Gasteiger partial charge < -0.3 is 58.8 Å². The number of ether oxygens (including phenoxy) is 5. The maximum Gasteiger partial charge on any atom is 0.343 e. The van der Waals surface area contributed by atoms with E-state index in [0.717, 1.165) is 34.1 Å². The first kappa shape index (κ1) is 57.3. The predicted octanol–water partition coefficient (Wildman–Crippen LogP) is 11.9. The molecule has 0 aromatic heterocycles. The molecule has 3 N–H and O–H groups in total. The number of rotatable bonds is 8. The highest BCUT2D eigenvalue weighted by molar-refractivity contribution is 5.73. The molecule has 0 spiro atoms. The highest BCUT2D eigenvalue weighted by Crippen LogP contribution is 2.48. The Morgan fingerprint density at radius 2 is 0.813 bits per heavy atom. The Hall–Kier alpha value is -6.96. The van der Waals surface area contributed by atoms with Crippen molar-refractivity contribution in [1.82, 2.24) is 0 Å². The van der Waals surface area contributed by atoms with Crippen molar-refractivity contribution in [2.24, 2.45) is 0 Å². The van der Waals surface area contributed by atoms with E-state index >= 15 is 0 Å². The van der Waals surface area contributed by atoms with Crippen LogP contribution in [0.5, 0.6) is 28.7 Å². The SMILES string of the molecule is CC1c2c(O)cccc2N(C)C1C.CC1c2c(OCC(=O)O)cccc2N(C)C1C.COC(=O)COc1cccc2c1C(C)C(C)N2C.COc1cccc2c1C(C)C(C)N2.COc1cccc2c1C(C)C(C)N2C. The summed E-state index contributed by atoms with van der Waals surface area (Å²) in [5, 5.41) is 21.8. The second kappa shape index (κ2) is 24.6. The quantitative estimate of drug-likeness (QED) is 0.127. The van der Waals surface area contributed by atoms with Crippen LogP contribution in [0, 0.1) is 0 Å². The molecule has 5 aromatic carbocycles. The minimum atomic E-state index is -0.949. The molecule has 406 valence electrons. The Morgan fingerprint density at radius 3 is 1.21 bits per heavy atom. The molecule has 0 radical (unpaired) electrons. The first-order valence-electron chi connectivity index (χ1n) is 26.2. The number of phenolic OH excluding ortho intramolecular Hbond substituents is 1. The Balaban J connectivity index is 0.000000153. The Labute approximate surface area is 446 Å². The zero-order valence-electron chi connectivity index (χ0n) is 47.4. The van der Waals surface area contributed by atoms with Crippen LogP contribution >= 0.6 is 0 Å². The third kappa shape index (κ3) is 11.8. The van der Waals surface area contributed by atoms with Gasteiger partial charge in [-0.25, -0.2) is 9.59 Å². The van der Waals surface area contributed by atoms with Crippen molar-refractivity contribution in [3.8, 4) is 28.7 Å². The van der Waals surface area contributed by atoms with E-state index in [0.29, 0.717) is 71.3 Å². The van der Waals surface area contributed by atoms with Gasteiger partial charge in [-0.3, -0.25) is 0 Å². The lowest BCUT2D eigenvalue weighted by atomic mass is 9.97. The lowest BCUT2D eigenvalue weighted by Gasteiger charge is -2.20. The molecule has 5 heterocycles. The lowest BCUT2D eigenvalue weighted by Crippen LogP contribution is -2.25. The standard InChI is InChI=1S/C14H19NO3.C13H17NO3.C12H17NO.2C11H15NO/c1-9-10(2)15(3)11-6-5-7-12(14(9)11)18-8-13(16)17-4;1-8-9(2)14(3)10-5-4-6-11(13(8)10)17-7-12(15)16;1-8-9(2)13(3)10-6-5-7-11(14-4)12(8)10;1-7-8(2)12-9-5-4-6-10(13-3)11(7)9;1-7-8(2)12(3)9-5-4-6-10(13)11(7)9/h5-7,9-10H,8H2,1-4H3;4-6,8-9H,7H2,1-3H3,(H,15,16);5-9H,1-4H3;4-8,12H,1-3H3;4-8,13H,1-3H3. The smallest absolute Gasteiger partial charge is 0.343 e. The minimum absolute atomic E-state index is 0.0439. The van der Waals surface area contributed by atoms with E-state index in [2.05, 4.69) is 150 Å². The van der Waals surface area contributed by atoms with Crippen LogP contribution in [0.25, 0.3) is 0 Å². The number of aliphatic carboxylic acids is 1. The van der Waals surface area contributed by atoms with Gasteiger partial charge in [0.05, 0.1) is 21.3 Å². The maximum absolute atomic E-state index is 11.1. The topological polar surface area (TPSA) is 146 Å². The molecule has 14 nitrogen and oxygen atoms in total. The predicted molar refractivity (Wildman–Crippen MR) is 304 cm³/mol. The fourth-order valence-electron chi connectivity index (χ4n) is 11.1. The second-order valence-corrected chi connectivity index (χ2v) is 20.7. The van der Waals surface area contributed by atoms with Gasteiger partial charge >= 0.3 is 11.9 Å². The van der Waals surface area contributed by atoms with Gasteiger partial charge in [-0.15, -0.1) is 0 Å². The first-order chi connectivity index (χ1) is 35.6. The van der Waals surface area contributed by atoms with Crippen molar-refractivity contribution in [2.45, 2.75) is 129 Å². The number of likely N-dealkylation sites (N-methyl/N-ethyl adjacent to an activating group) is 4. The summed E-state index contributed by atoms with van der Waals surface area (Å²) in [6.45, 7) is 21.6. The number of methoxy groups -OCH3 is 3. The number of nitrogens with zero attached hydrogens (tertiary/aromatic N) is 4. The number of hydrogen-bond acceptors (Lipinski definition) is 13. The van der Waals surface area contributed by atoms with Crippen LogP contribution in [-0.2, 0) is 14.3 Å². The molecule has 75 heavy (non-hydrogen) atoms. The summed E-state index contributed by atoms with van der Waals surface area (Å²) in [6, 6.07) is 32.2.